The third-order valence-electron chi connectivity index (χ3n) is 5.50. The molecule has 1 aliphatic rings. The van der Waals surface area contributed by atoms with Gasteiger partial charge >= 0.3 is 0 Å². The zero-order chi connectivity index (χ0) is 21.7. The number of halogens is 2. The van der Waals surface area contributed by atoms with Crippen LogP contribution in [0, 0.1) is 12.7 Å². The number of aliphatic hydroxyl groups excluding tert-OH is 1. The van der Waals surface area contributed by atoms with Crippen molar-refractivity contribution in [2.75, 3.05) is 18.4 Å². The smallest absolute Gasteiger partial charge is 0.229 e. The minimum Gasteiger partial charge on any atom is -0.390 e. The molecule has 0 amide bonds. The lowest BCUT2D eigenvalue weighted by atomic mass is 10.1. The molecule has 1 saturated heterocycles. The fourth-order valence-electron chi connectivity index (χ4n) is 3.83. The average Bonchev–Trinajstić information content (AvgIpc) is 3.21. The molecule has 4 heterocycles. The summed E-state index contributed by atoms with van der Waals surface area (Å²) in [5.41, 5.74) is 3.73. The Morgan fingerprint density at radius 2 is 2.10 bits per heavy atom. The molecule has 1 fully saturated rings. The maximum atomic E-state index is 14.5. The molecule has 0 atom stereocenters. The van der Waals surface area contributed by atoms with Gasteiger partial charge in [0.1, 0.15) is 0 Å². The van der Waals surface area contributed by atoms with E-state index in [2.05, 4.69) is 25.3 Å². The topological polar surface area (TPSA) is 84.0 Å². The molecular formula is C21H21ClFN7O. The van der Waals surface area contributed by atoms with Crippen LogP contribution in [0.1, 0.15) is 11.1 Å². The second kappa shape index (κ2) is 7.60. The summed E-state index contributed by atoms with van der Waals surface area (Å²) in [5.74, 6) is -0.0808. The maximum Gasteiger partial charge on any atom is 0.229 e. The van der Waals surface area contributed by atoms with Crippen molar-refractivity contribution in [2.45, 2.75) is 19.6 Å². The lowest BCUT2D eigenvalue weighted by Gasteiger charge is -2.35. The van der Waals surface area contributed by atoms with Gasteiger partial charge in [-0.25, -0.2) is 9.37 Å². The van der Waals surface area contributed by atoms with Gasteiger partial charge in [-0.3, -0.25) is 9.58 Å². The highest BCUT2D eigenvalue weighted by atomic mass is 35.5. The first kappa shape index (κ1) is 19.9. The molecule has 0 bridgehead atoms. The number of anilines is 2. The normalized spacial score (nSPS) is 14.9. The monoisotopic (exact) mass is 441 g/mol. The second-order valence-electron chi connectivity index (χ2n) is 7.86. The summed E-state index contributed by atoms with van der Waals surface area (Å²) < 4.78 is 17.9. The molecule has 5 rings (SSSR count). The second-order valence-corrected chi connectivity index (χ2v) is 8.22. The third-order valence-corrected chi connectivity index (χ3v) is 5.78. The third kappa shape index (κ3) is 3.76. The van der Waals surface area contributed by atoms with E-state index in [1.807, 2.05) is 44.6 Å². The van der Waals surface area contributed by atoms with E-state index in [-0.39, 0.29) is 17.9 Å². The number of benzene rings is 1. The fourth-order valence-corrected chi connectivity index (χ4v) is 4.09. The van der Waals surface area contributed by atoms with Crippen LogP contribution in [-0.2, 0) is 13.6 Å². The zero-order valence-electron chi connectivity index (χ0n) is 17.0. The van der Waals surface area contributed by atoms with Gasteiger partial charge in [0.2, 0.25) is 5.95 Å². The van der Waals surface area contributed by atoms with Crippen LogP contribution in [0.4, 0.5) is 16.0 Å². The highest BCUT2D eigenvalue weighted by molar-refractivity contribution is 6.34. The number of hydrogen-bond acceptors (Lipinski definition) is 6. The highest BCUT2D eigenvalue weighted by Crippen LogP contribution is 2.27. The van der Waals surface area contributed by atoms with Gasteiger partial charge in [0.05, 0.1) is 17.8 Å². The van der Waals surface area contributed by atoms with Crippen LogP contribution in [0.3, 0.4) is 0 Å². The molecule has 2 N–H and O–H groups in total. The Balaban J connectivity index is 1.41. The number of β-amino-alcohol motifs (C(OH)–C–C–N with tert-alkyl or cyclic N) is 1. The van der Waals surface area contributed by atoms with Crippen molar-refractivity contribution in [1.82, 2.24) is 29.2 Å². The number of hydrogen-bond donors (Lipinski definition) is 2. The predicted molar refractivity (Wildman–Crippen MR) is 116 cm³/mol. The summed E-state index contributed by atoms with van der Waals surface area (Å²) in [7, 11) is 1.83. The van der Waals surface area contributed by atoms with Crippen molar-refractivity contribution in [3.63, 3.8) is 0 Å². The number of aromatic nitrogens is 5. The van der Waals surface area contributed by atoms with Crippen molar-refractivity contribution in [3.8, 4) is 5.82 Å². The Kier molecular flexibility index (Phi) is 4.88. The fraction of sp³-hybridized carbons (Fsp3) is 0.286. The number of fused-ring (bicyclic) bond motifs is 1. The van der Waals surface area contributed by atoms with E-state index in [0.717, 1.165) is 33.9 Å². The Bertz CT molecular complexity index is 1280. The maximum absolute atomic E-state index is 14.5. The molecule has 0 saturated carbocycles. The zero-order valence-corrected chi connectivity index (χ0v) is 17.8. The minimum atomic E-state index is -0.516. The van der Waals surface area contributed by atoms with Crippen molar-refractivity contribution >= 4 is 34.1 Å². The number of nitrogens with zero attached hydrogens (tertiary/aromatic N) is 6. The first-order valence-corrected chi connectivity index (χ1v) is 10.3. The van der Waals surface area contributed by atoms with Crippen molar-refractivity contribution in [2.24, 2.45) is 7.05 Å². The molecule has 0 spiro atoms. The molecule has 0 radical (unpaired) electrons. The molecular weight excluding hydrogens is 421 g/mol. The number of aryl methyl sites for hydroxylation is 2. The van der Waals surface area contributed by atoms with Crippen LogP contribution >= 0.6 is 11.6 Å². The Hall–Kier alpha value is -3.01. The summed E-state index contributed by atoms with van der Waals surface area (Å²) in [4.78, 5) is 10.6. The van der Waals surface area contributed by atoms with Crippen LogP contribution in [0.5, 0.6) is 0 Å². The number of aliphatic hydroxyl groups is 1. The van der Waals surface area contributed by atoms with E-state index in [1.165, 1.54) is 0 Å². The van der Waals surface area contributed by atoms with Gasteiger partial charge in [0.25, 0.3) is 0 Å². The van der Waals surface area contributed by atoms with E-state index in [1.54, 1.807) is 9.25 Å². The molecule has 160 valence electrons. The summed E-state index contributed by atoms with van der Waals surface area (Å²) >= 11 is 6.19. The first-order chi connectivity index (χ1) is 14.9. The van der Waals surface area contributed by atoms with Crippen molar-refractivity contribution in [3.05, 3.63) is 58.9 Å². The molecule has 1 aromatic carbocycles. The highest BCUT2D eigenvalue weighted by Gasteiger charge is 2.25. The number of rotatable bonds is 5. The molecule has 10 heteroatoms. The van der Waals surface area contributed by atoms with Crippen molar-refractivity contribution in [1.29, 1.82) is 0 Å². The van der Waals surface area contributed by atoms with Crippen LogP contribution in [-0.4, -0.2) is 53.5 Å². The van der Waals surface area contributed by atoms with E-state index in [9.17, 15) is 9.50 Å². The van der Waals surface area contributed by atoms with E-state index < -0.39 is 5.82 Å². The molecule has 3 aromatic heterocycles. The quantitative estimate of drug-likeness (QED) is 0.495. The van der Waals surface area contributed by atoms with Crippen molar-refractivity contribution < 1.29 is 9.50 Å². The van der Waals surface area contributed by atoms with Gasteiger partial charge < -0.3 is 15.0 Å². The van der Waals surface area contributed by atoms with E-state index >= 15 is 0 Å². The molecule has 8 nitrogen and oxygen atoms in total. The Labute approximate surface area is 182 Å². The largest absolute Gasteiger partial charge is 0.390 e. The SMILES string of the molecule is Cc1cn(-c2nc(Nc3ccc4c(c3)c(Cl)nn4C)ncc2F)cc1CN1CC(O)C1. The predicted octanol–water partition coefficient (Wildman–Crippen LogP) is 3.18. The van der Waals surface area contributed by atoms with Gasteiger partial charge in [0, 0.05) is 50.1 Å². The summed E-state index contributed by atoms with van der Waals surface area (Å²) in [5, 5.41) is 18.0. The molecule has 31 heavy (non-hydrogen) atoms. The van der Waals surface area contributed by atoms with Gasteiger partial charge in [0.15, 0.2) is 16.8 Å². The van der Waals surface area contributed by atoms with Gasteiger partial charge in [-0.2, -0.15) is 10.1 Å². The van der Waals surface area contributed by atoms with E-state index in [0.29, 0.717) is 24.8 Å². The summed E-state index contributed by atoms with van der Waals surface area (Å²) in [6.45, 7) is 4.00. The molecule has 0 unspecified atom stereocenters. The molecule has 1 aliphatic heterocycles. The Morgan fingerprint density at radius 3 is 2.87 bits per heavy atom. The van der Waals surface area contributed by atoms with Crippen LogP contribution in [0.25, 0.3) is 16.7 Å². The molecule has 0 aliphatic carbocycles. The minimum absolute atomic E-state index is 0.163. The Morgan fingerprint density at radius 1 is 1.29 bits per heavy atom. The lowest BCUT2D eigenvalue weighted by molar-refractivity contribution is -0.00295. The van der Waals surface area contributed by atoms with Crippen LogP contribution < -0.4 is 5.32 Å². The van der Waals surface area contributed by atoms with Gasteiger partial charge in [-0.15, -0.1) is 0 Å². The summed E-state index contributed by atoms with van der Waals surface area (Å²) in [6, 6.07) is 5.62. The van der Waals surface area contributed by atoms with Gasteiger partial charge in [-0.05, 0) is 36.2 Å². The van der Waals surface area contributed by atoms with Gasteiger partial charge in [-0.1, -0.05) is 11.6 Å². The summed E-state index contributed by atoms with van der Waals surface area (Å²) in [6.07, 6.45) is 4.62. The number of nitrogens with one attached hydrogen (secondary N) is 1. The molecule has 4 aromatic rings. The van der Waals surface area contributed by atoms with E-state index in [4.69, 9.17) is 11.6 Å². The lowest BCUT2D eigenvalue weighted by Crippen LogP contribution is -2.49. The first-order valence-electron chi connectivity index (χ1n) is 9.87. The average molecular weight is 442 g/mol. The van der Waals surface area contributed by atoms with Crippen LogP contribution in [0.15, 0.2) is 36.8 Å². The van der Waals surface area contributed by atoms with Crippen LogP contribution in [0.2, 0.25) is 5.15 Å². The number of likely N-dealkylation sites (tertiary alicyclic amines) is 1. The standard InChI is InChI=1S/C21H21ClFN7O/c1-12-7-30(9-13(12)8-29-10-15(31)11-29)20-17(23)6-24-21(26-20)25-14-3-4-18-16(5-14)19(22)27-28(18)2/h3-7,9,15,31H,8,10-11H2,1-2H3,(H,24,25,26).